The molecule has 0 saturated carbocycles. The second-order valence-electron chi connectivity index (χ2n) is 2.15. The van der Waals surface area contributed by atoms with E-state index in [-0.39, 0.29) is 15.9 Å². The van der Waals surface area contributed by atoms with Gasteiger partial charge in [0.25, 0.3) is 0 Å². The van der Waals surface area contributed by atoms with Crippen LogP contribution in [-0.2, 0) is 20.7 Å². The fourth-order valence-electron chi connectivity index (χ4n) is 0.463. The first-order chi connectivity index (χ1) is 5.45. The van der Waals surface area contributed by atoms with Crippen LogP contribution in [-0.4, -0.2) is 17.1 Å². The zero-order chi connectivity index (χ0) is 10.1. The minimum absolute atomic E-state index is 0.106. The van der Waals surface area contributed by atoms with Gasteiger partial charge in [-0.05, 0) is 13.3 Å². The van der Waals surface area contributed by atoms with Gasteiger partial charge in [0.1, 0.15) is 6.04 Å². The Labute approximate surface area is 88.0 Å². The fraction of sp³-hybridized carbons (Fsp3) is 0.500. The van der Waals surface area contributed by atoms with E-state index < -0.39 is 12.0 Å². The Kier molecular flexibility index (Phi) is 11.8. The zero-order valence-corrected chi connectivity index (χ0v) is 9.56. The van der Waals surface area contributed by atoms with Crippen molar-refractivity contribution in [3.8, 4) is 0 Å². The van der Waals surface area contributed by atoms with E-state index in [1.54, 1.807) is 6.92 Å². The average Bonchev–Trinajstić information content (AvgIpc) is 1.87. The van der Waals surface area contributed by atoms with Crippen molar-refractivity contribution in [2.45, 2.75) is 19.4 Å². The number of carboxylic acid groups (broad SMARTS) is 1. The van der Waals surface area contributed by atoms with Gasteiger partial charge in [-0.15, -0.1) is 6.58 Å². The molecule has 0 fully saturated rings. The number of rotatable bonds is 3. The van der Waals surface area contributed by atoms with Crippen LogP contribution in [0.3, 0.4) is 0 Å². The van der Waals surface area contributed by atoms with Crippen molar-refractivity contribution in [2.24, 2.45) is 5.73 Å². The van der Waals surface area contributed by atoms with Gasteiger partial charge in [0.05, 0.1) is 0 Å². The number of halogens is 2. The maximum absolute atomic E-state index is 10.1. The SMILES string of the molecule is C=C(C)CC(N)C(=O)O.[Cl][Pd][Cl]. The Morgan fingerprint density at radius 2 is 2.08 bits per heavy atom. The first-order valence-electron chi connectivity index (χ1n) is 2.90. The molecule has 0 spiro atoms. The molecule has 6 heteroatoms. The molecule has 0 heterocycles. The van der Waals surface area contributed by atoms with Crippen LogP contribution in [0.2, 0.25) is 0 Å². The summed E-state index contributed by atoms with van der Waals surface area (Å²) in [6.45, 7) is 5.29. The van der Waals surface area contributed by atoms with E-state index in [0.717, 1.165) is 5.57 Å². The maximum atomic E-state index is 10.1. The molecule has 0 aliphatic heterocycles. The topological polar surface area (TPSA) is 63.3 Å². The molecule has 0 rings (SSSR count). The summed E-state index contributed by atoms with van der Waals surface area (Å²) in [6, 6.07) is -0.789. The molecular weight excluding hydrogens is 295 g/mol. The van der Waals surface area contributed by atoms with Crippen molar-refractivity contribution in [3.05, 3.63) is 12.2 Å². The number of hydrogen-bond acceptors (Lipinski definition) is 2. The van der Waals surface area contributed by atoms with Crippen molar-refractivity contribution < 1.29 is 25.8 Å². The van der Waals surface area contributed by atoms with Crippen LogP contribution in [0.15, 0.2) is 12.2 Å². The molecule has 0 amide bonds. The molecule has 0 aromatic heterocycles. The molecule has 0 aliphatic rings. The van der Waals surface area contributed by atoms with Crippen molar-refractivity contribution in [3.63, 3.8) is 0 Å². The normalized spacial score (nSPS) is 11.3. The molecule has 3 nitrogen and oxygen atoms in total. The van der Waals surface area contributed by atoms with Gasteiger partial charge in [0, 0.05) is 0 Å². The number of carboxylic acids is 1. The Morgan fingerprint density at radius 3 is 2.17 bits per heavy atom. The van der Waals surface area contributed by atoms with Gasteiger partial charge >= 0.3 is 41.0 Å². The molecule has 76 valence electrons. The van der Waals surface area contributed by atoms with Crippen LogP contribution in [0, 0.1) is 0 Å². The molecule has 0 aromatic rings. The third-order valence-corrected chi connectivity index (χ3v) is 0.886. The van der Waals surface area contributed by atoms with E-state index in [9.17, 15) is 4.79 Å². The van der Waals surface area contributed by atoms with Crippen LogP contribution < -0.4 is 5.73 Å². The molecule has 3 N–H and O–H groups in total. The first kappa shape index (κ1) is 14.9. The van der Waals surface area contributed by atoms with Crippen molar-refractivity contribution in [2.75, 3.05) is 0 Å². The quantitative estimate of drug-likeness (QED) is 0.617. The van der Waals surface area contributed by atoms with Gasteiger partial charge < -0.3 is 10.8 Å². The molecule has 0 aliphatic carbocycles. The molecule has 12 heavy (non-hydrogen) atoms. The van der Waals surface area contributed by atoms with Crippen LogP contribution >= 0.6 is 19.1 Å². The molecule has 0 radical (unpaired) electrons. The van der Waals surface area contributed by atoms with Crippen molar-refractivity contribution >= 4 is 25.0 Å². The van der Waals surface area contributed by atoms with E-state index in [4.69, 9.17) is 29.9 Å². The van der Waals surface area contributed by atoms with Gasteiger partial charge in [0.15, 0.2) is 0 Å². The summed E-state index contributed by atoms with van der Waals surface area (Å²) in [6.07, 6.45) is 0.356. The van der Waals surface area contributed by atoms with E-state index >= 15 is 0 Å². The Bertz CT molecular complexity index is 154. The van der Waals surface area contributed by atoms with Crippen molar-refractivity contribution in [1.29, 1.82) is 0 Å². The van der Waals surface area contributed by atoms with Gasteiger partial charge in [0.2, 0.25) is 0 Å². The molecule has 1 unspecified atom stereocenters. The number of nitrogens with two attached hydrogens (primary N) is 1. The van der Waals surface area contributed by atoms with Crippen molar-refractivity contribution in [1.82, 2.24) is 0 Å². The fourth-order valence-corrected chi connectivity index (χ4v) is 0.463. The predicted octanol–water partition coefficient (Wildman–Crippen LogP) is 1.74. The summed E-state index contributed by atoms with van der Waals surface area (Å²) in [7, 11) is 9.63. The Hall–Kier alpha value is 0.412. The number of aliphatic carboxylic acids is 1. The zero-order valence-electron chi connectivity index (χ0n) is 6.50. The van der Waals surface area contributed by atoms with Crippen LogP contribution in [0.5, 0.6) is 0 Å². The molecule has 0 saturated heterocycles. The molecule has 1 atom stereocenters. The number of carbonyl (C=O) groups is 1. The summed E-state index contributed by atoms with van der Waals surface area (Å²) in [5, 5.41) is 8.26. The minimum atomic E-state index is -0.974. The predicted molar refractivity (Wildman–Crippen MR) is 46.7 cm³/mol. The van der Waals surface area contributed by atoms with Crippen LogP contribution in [0.1, 0.15) is 13.3 Å². The Balaban J connectivity index is 0. The monoisotopic (exact) mass is 305 g/mol. The van der Waals surface area contributed by atoms with Gasteiger partial charge in [-0.1, -0.05) is 5.57 Å². The van der Waals surface area contributed by atoms with Crippen LogP contribution in [0.25, 0.3) is 0 Å². The molecular formula is C6H11Cl2NO2Pd. The van der Waals surface area contributed by atoms with E-state index in [1.807, 2.05) is 0 Å². The van der Waals surface area contributed by atoms with Crippen LogP contribution in [0.4, 0.5) is 0 Å². The summed E-state index contributed by atoms with van der Waals surface area (Å²) >= 11 is -0.106. The average molecular weight is 306 g/mol. The summed E-state index contributed by atoms with van der Waals surface area (Å²) in [5.74, 6) is -0.974. The van der Waals surface area contributed by atoms with E-state index in [1.165, 1.54) is 0 Å². The molecule has 0 bridgehead atoms. The van der Waals surface area contributed by atoms with Gasteiger partial charge in [-0.3, -0.25) is 4.79 Å². The second kappa shape index (κ2) is 9.50. The van der Waals surface area contributed by atoms with Gasteiger partial charge in [-0.25, -0.2) is 0 Å². The standard InChI is InChI=1S/C6H11NO2.2ClH.Pd/c1-4(2)3-5(7)6(8)9;;;/h5H,1,3,7H2,2H3,(H,8,9);2*1H;/q;;;+2/p-2. The van der Waals surface area contributed by atoms with Gasteiger partial charge in [-0.2, -0.15) is 0 Å². The van der Waals surface area contributed by atoms with E-state index in [0.29, 0.717) is 6.42 Å². The van der Waals surface area contributed by atoms with E-state index in [2.05, 4.69) is 6.58 Å². The first-order valence-corrected chi connectivity index (χ1v) is 6.91. The summed E-state index contributed by atoms with van der Waals surface area (Å²) < 4.78 is 0. The molecule has 0 aromatic carbocycles. The third kappa shape index (κ3) is 13.0. The number of hydrogen-bond donors (Lipinski definition) is 2. The Morgan fingerprint density at radius 1 is 1.75 bits per heavy atom. The summed E-state index contributed by atoms with van der Waals surface area (Å²) in [4.78, 5) is 10.1. The third-order valence-electron chi connectivity index (χ3n) is 0.886. The summed E-state index contributed by atoms with van der Waals surface area (Å²) in [5.41, 5.74) is 5.95. The second-order valence-corrected chi connectivity index (χ2v) is 4.51.